The largest absolute Gasteiger partial charge is 0.495 e. The van der Waals surface area contributed by atoms with Crippen molar-refractivity contribution in [2.24, 2.45) is 0 Å². The maximum absolute atomic E-state index is 12.6. The summed E-state index contributed by atoms with van der Waals surface area (Å²) in [5, 5.41) is 5.73. The van der Waals surface area contributed by atoms with Crippen LogP contribution in [0.3, 0.4) is 0 Å². The summed E-state index contributed by atoms with van der Waals surface area (Å²) < 4.78 is 30.3. The van der Waals surface area contributed by atoms with Crippen molar-refractivity contribution in [2.45, 2.75) is 16.2 Å². The first-order valence-corrected chi connectivity index (χ1v) is 11.2. The third-order valence-corrected chi connectivity index (χ3v) is 6.98. The Morgan fingerprint density at radius 1 is 1.29 bits per heavy atom. The zero-order valence-corrected chi connectivity index (χ0v) is 17.2. The number of amides is 2. The minimum Gasteiger partial charge on any atom is -0.495 e. The Kier molecular flexibility index (Phi) is 6.17. The third kappa shape index (κ3) is 4.78. The molecule has 2 amide bonds. The Bertz CT molecular complexity index is 1040. The molecular formula is C18H17ClN2O5S2. The van der Waals surface area contributed by atoms with E-state index < -0.39 is 15.7 Å². The van der Waals surface area contributed by atoms with Crippen LogP contribution in [0.2, 0.25) is 5.02 Å². The number of sulfone groups is 1. The van der Waals surface area contributed by atoms with Gasteiger partial charge >= 0.3 is 0 Å². The molecule has 0 saturated carbocycles. The number of carbonyl (C=O) groups excluding carboxylic acids is 2. The average molecular weight is 441 g/mol. The maximum Gasteiger partial charge on any atom is 0.234 e. The van der Waals surface area contributed by atoms with E-state index >= 15 is 0 Å². The van der Waals surface area contributed by atoms with Gasteiger partial charge < -0.3 is 15.4 Å². The number of fused-ring (bicyclic) bond motifs is 1. The fourth-order valence-electron chi connectivity index (χ4n) is 2.58. The maximum atomic E-state index is 12.6. The van der Waals surface area contributed by atoms with Crippen LogP contribution in [0.1, 0.15) is 6.42 Å². The molecule has 0 spiro atoms. The number of halogens is 1. The van der Waals surface area contributed by atoms with E-state index in [1.54, 1.807) is 18.2 Å². The zero-order valence-electron chi connectivity index (χ0n) is 14.8. The van der Waals surface area contributed by atoms with E-state index in [0.717, 1.165) is 0 Å². The number of benzene rings is 2. The third-order valence-electron chi connectivity index (χ3n) is 3.98. The number of methoxy groups -OCH3 is 1. The molecule has 0 saturated heterocycles. The lowest BCUT2D eigenvalue weighted by Crippen LogP contribution is -2.20. The Morgan fingerprint density at radius 3 is 2.82 bits per heavy atom. The van der Waals surface area contributed by atoms with Crippen LogP contribution in [0.5, 0.6) is 5.75 Å². The number of hydrogen-bond acceptors (Lipinski definition) is 6. The van der Waals surface area contributed by atoms with Crippen molar-refractivity contribution >= 4 is 56.4 Å². The molecule has 1 heterocycles. The van der Waals surface area contributed by atoms with E-state index in [0.29, 0.717) is 27.0 Å². The van der Waals surface area contributed by atoms with Gasteiger partial charge in [0.2, 0.25) is 11.8 Å². The summed E-state index contributed by atoms with van der Waals surface area (Å²) in [4.78, 5) is 24.4. The topological polar surface area (TPSA) is 102 Å². The van der Waals surface area contributed by atoms with Crippen LogP contribution in [0.25, 0.3) is 0 Å². The average Bonchev–Trinajstić information content (AvgIpc) is 2.66. The molecular weight excluding hydrogens is 424 g/mol. The van der Waals surface area contributed by atoms with Crippen molar-refractivity contribution in [3.8, 4) is 5.75 Å². The highest BCUT2D eigenvalue weighted by molar-refractivity contribution is 8.00. The van der Waals surface area contributed by atoms with Crippen LogP contribution in [0, 0.1) is 0 Å². The summed E-state index contributed by atoms with van der Waals surface area (Å²) in [6, 6.07) is 9.27. The van der Waals surface area contributed by atoms with Crippen molar-refractivity contribution in [1.29, 1.82) is 0 Å². The molecule has 1 aliphatic rings. The van der Waals surface area contributed by atoms with Crippen molar-refractivity contribution in [3.63, 3.8) is 0 Å². The summed E-state index contributed by atoms with van der Waals surface area (Å²) in [5.41, 5.74) is 0.962. The van der Waals surface area contributed by atoms with Crippen molar-refractivity contribution in [2.75, 3.05) is 29.2 Å². The fraction of sp³-hybridized carbons (Fsp3) is 0.222. The molecule has 0 bridgehead atoms. The highest BCUT2D eigenvalue weighted by Crippen LogP contribution is 2.33. The highest BCUT2D eigenvalue weighted by atomic mass is 35.5. The van der Waals surface area contributed by atoms with Crippen LogP contribution < -0.4 is 15.4 Å². The van der Waals surface area contributed by atoms with Crippen LogP contribution in [0.15, 0.2) is 46.2 Å². The van der Waals surface area contributed by atoms with Gasteiger partial charge in [0.05, 0.1) is 34.9 Å². The number of thioether (sulfide) groups is 1. The lowest BCUT2D eigenvalue weighted by molar-refractivity contribution is -0.116. The fourth-order valence-corrected chi connectivity index (χ4v) is 4.94. The zero-order chi connectivity index (χ0) is 20.3. The van der Waals surface area contributed by atoms with Gasteiger partial charge in [0.15, 0.2) is 9.84 Å². The van der Waals surface area contributed by atoms with E-state index in [9.17, 15) is 18.0 Å². The summed E-state index contributed by atoms with van der Waals surface area (Å²) in [6.07, 6.45) is -0.223. The van der Waals surface area contributed by atoms with Gasteiger partial charge in [-0.1, -0.05) is 11.6 Å². The molecule has 0 aromatic heterocycles. The quantitative estimate of drug-likeness (QED) is 0.715. The molecule has 10 heteroatoms. The second kappa shape index (κ2) is 8.42. The molecule has 3 rings (SSSR count). The molecule has 7 nitrogen and oxygen atoms in total. The minimum absolute atomic E-state index is 0.114. The lowest BCUT2D eigenvalue weighted by Gasteiger charge is -2.17. The second-order valence-electron chi connectivity index (χ2n) is 5.96. The molecule has 2 N–H and O–H groups in total. The molecule has 28 heavy (non-hydrogen) atoms. The van der Waals surface area contributed by atoms with Gasteiger partial charge in [-0.3, -0.25) is 9.59 Å². The Labute approximate surface area is 171 Å². The standard InChI is InChI=1S/C18H17ClN2O5S2/c1-26-15-5-2-11(19)8-14(15)21-17(22)6-7-28(24,25)12-3-4-13-16(9-12)27-10-18(23)20-13/h2-5,8-9H,6-7,10H2,1H3,(H,20,23)(H,21,22). The monoisotopic (exact) mass is 440 g/mol. The van der Waals surface area contributed by atoms with E-state index in [1.165, 1.54) is 37.1 Å². The number of nitrogens with one attached hydrogen (secondary N) is 2. The number of rotatable bonds is 6. The predicted octanol–water partition coefficient (Wildman–Crippen LogP) is 3.20. The van der Waals surface area contributed by atoms with Gasteiger partial charge in [-0.25, -0.2) is 8.42 Å². The highest BCUT2D eigenvalue weighted by Gasteiger charge is 2.21. The van der Waals surface area contributed by atoms with Gasteiger partial charge in [-0.05, 0) is 36.4 Å². The molecule has 0 aliphatic carbocycles. The Morgan fingerprint density at radius 2 is 2.07 bits per heavy atom. The van der Waals surface area contributed by atoms with Gasteiger partial charge in [0, 0.05) is 16.3 Å². The summed E-state index contributed by atoms with van der Waals surface area (Å²) in [7, 11) is -2.20. The lowest BCUT2D eigenvalue weighted by atomic mass is 10.3. The van der Waals surface area contributed by atoms with E-state index in [-0.39, 0.29) is 28.7 Å². The normalized spacial score (nSPS) is 13.4. The minimum atomic E-state index is -3.66. The van der Waals surface area contributed by atoms with Crippen molar-refractivity contribution in [1.82, 2.24) is 0 Å². The molecule has 2 aromatic rings. The van der Waals surface area contributed by atoms with E-state index in [2.05, 4.69) is 10.6 Å². The van der Waals surface area contributed by atoms with Gasteiger partial charge in [0.1, 0.15) is 5.75 Å². The molecule has 1 aliphatic heterocycles. The van der Waals surface area contributed by atoms with Crippen LogP contribution in [0.4, 0.5) is 11.4 Å². The van der Waals surface area contributed by atoms with Gasteiger partial charge in [0.25, 0.3) is 0 Å². The number of hydrogen-bond donors (Lipinski definition) is 2. The van der Waals surface area contributed by atoms with Crippen LogP contribution in [-0.2, 0) is 19.4 Å². The molecule has 0 atom stereocenters. The summed E-state index contributed by atoms with van der Waals surface area (Å²) >= 11 is 7.20. The van der Waals surface area contributed by atoms with E-state index in [1.807, 2.05) is 0 Å². The summed E-state index contributed by atoms with van der Waals surface area (Å²) in [6.45, 7) is 0. The predicted molar refractivity (Wildman–Crippen MR) is 109 cm³/mol. The van der Waals surface area contributed by atoms with Crippen molar-refractivity contribution < 1.29 is 22.7 Å². The first kappa shape index (κ1) is 20.5. The SMILES string of the molecule is COc1ccc(Cl)cc1NC(=O)CCS(=O)(=O)c1ccc2c(c1)SCC(=O)N2. The van der Waals surface area contributed by atoms with Crippen LogP contribution in [-0.4, -0.2) is 38.8 Å². The van der Waals surface area contributed by atoms with Crippen molar-refractivity contribution in [3.05, 3.63) is 41.4 Å². The molecule has 0 fully saturated rings. The van der Waals surface area contributed by atoms with E-state index in [4.69, 9.17) is 16.3 Å². The number of carbonyl (C=O) groups is 2. The molecule has 0 unspecified atom stereocenters. The summed E-state index contributed by atoms with van der Waals surface area (Å²) in [5.74, 6) is -0.280. The molecule has 0 radical (unpaired) electrons. The molecule has 2 aromatic carbocycles. The number of ether oxygens (including phenoxy) is 1. The Hall–Kier alpha value is -2.23. The van der Waals surface area contributed by atoms with Gasteiger partial charge in [-0.2, -0.15) is 0 Å². The Balaban J connectivity index is 1.67. The molecule has 148 valence electrons. The first-order chi connectivity index (χ1) is 13.3. The smallest absolute Gasteiger partial charge is 0.234 e. The first-order valence-electron chi connectivity index (χ1n) is 8.21. The van der Waals surface area contributed by atoms with Gasteiger partial charge in [-0.15, -0.1) is 11.8 Å². The second-order valence-corrected chi connectivity index (χ2v) is 9.52. The van der Waals surface area contributed by atoms with Crippen LogP contribution >= 0.6 is 23.4 Å². The number of anilines is 2.